The van der Waals surface area contributed by atoms with E-state index in [0.717, 1.165) is 6.42 Å². The van der Waals surface area contributed by atoms with Crippen LogP contribution in [0.3, 0.4) is 0 Å². The standard InChI is InChI=1S/C11H21N/c1-5-7-11(8-6-2)9(3)10(4)12/h5,7-10H,6,12H2,1-4H3/b7-5-,11-8+. The van der Waals surface area contributed by atoms with E-state index in [1.165, 1.54) is 5.57 Å². The van der Waals surface area contributed by atoms with Gasteiger partial charge in [0.05, 0.1) is 0 Å². The van der Waals surface area contributed by atoms with Gasteiger partial charge in [-0.2, -0.15) is 0 Å². The zero-order valence-electron chi connectivity index (χ0n) is 8.67. The molecule has 0 fully saturated rings. The molecule has 0 saturated carbocycles. The average Bonchev–Trinajstić information content (AvgIpc) is 2.03. The van der Waals surface area contributed by atoms with E-state index in [1.54, 1.807) is 0 Å². The van der Waals surface area contributed by atoms with Gasteiger partial charge in [0.2, 0.25) is 0 Å². The van der Waals surface area contributed by atoms with Gasteiger partial charge in [0.1, 0.15) is 0 Å². The summed E-state index contributed by atoms with van der Waals surface area (Å²) in [6.07, 6.45) is 7.54. The Morgan fingerprint density at radius 2 is 2.00 bits per heavy atom. The van der Waals surface area contributed by atoms with Crippen LogP contribution in [0.1, 0.15) is 34.1 Å². The van der Waals surface area contributed by atoms with Gasteiger partial charge in [-0.3, -0.25) is 0 Å². The summed E-state index contributed by atoms with van der Waals surface area (Å²) in [5.74, 6) is 0.459. The highest BCUT2D eigenvalue weighted by molar-refractivity contribution is 5.21. The monoisotopic (exact) mass is 167 g/mol. The van der Waals surface area contributed by atoms with E-state index < -0.39 is 0 Å². The Balaban J connectivity index is 4.40. The van der Waals surface area contributed by atoms with Crippen molar-refractivity contribution in [1.29, 1.82) is 0 Å². The SMILES string of the molecule is C/C=C\C(=C/CC)C(C)C(C)N. The normalized spacial score (nSPS) is 18.2. The summed E-state index contributed by atoms with van der Waals surface area (Å²) < 4.78 is 0. The van der Waals surface area contributed by atoms with Gasteiger partial charge in [0, 0.05) is 6.04 Å². The van der Waals surface area contributed by atoms with Crippen molar-refractivity contribution in [3.05, 3.63) is 23.8 Å². The predicted octanol–water partition coefficient (Wildman–Crippen LogP) is 2.88. The summed E-state index contributed by atoms with van der Waals surface area (Å²) in [6.45, 7) is 8.42. The number of nitrogens with two attached hydrogens (primary N) is 1. The van der Waals surface area contributed by atoms with Gasteiger partial charge in [0.25, 0.3) is 0 Å². The van der Waals surface area contributed by atoms with Gasteiger partial charge in [-0.15, -0.1) is 0 Å². The fraction of sp³-hybridized carbons (Fsp3) is 0.636. The maximum Gasteiger partial charge on any atom is 0.00765 e. The molecular formula is C11H21N. The molecule has 1 nitrogen and oxygen atoms in total. The molecule has 0 spiro atoms. The van der Waals surface area contributed by atoms with Crippen molar-refractivity contribution in [3.63, 3.8) is 0 Å². The molecule has 70 valence electrons. The lowest BCUT2D eigenvalue weighted by molar-refractivity contribution is 0.561. The Kier molecular flexibility index (Phi) is 5.73. The Bertz CT molecular complexity index is 166. The molecule has 12 heavy (non-hydrogen) atoms. The first kappa shape index (κ1) is 11.4. The number of allylic oxidation sites excluding steroid dienone is 3. The topological polar surface area (TPSA) is 26.0 Å². The second-order valence-electron chi connectivity index (χ2n) is 3.26. The van der Waals surface area contributed by atoms with Crippen LogP contribution in [0.4, 0.5) is 0 Å². The molecule has 0 aliphatic rings. The van der Waals surface area contributed by atoms with Crippen LogP contribution in [0.25, 0.3) is 0 Å². The van der Waals surface area contributed by atoms with E-state index in [1.807, 2.05) is 6.92 Å². The van der Waals surface area contributed by atoms with Gasteiger partial charge in [0.15, 0.2) is 0 Å². The smallest absolute Gasteiger partial charge is 0.00765 e. The molecular weight excluding hydrogens is 146 g/mol. The summed E-state index contributed by atoms with van der Waals surface area (Å²) in [5, 5.41) is 0. The van der Waals surface area contributed by atoms with Crippen molar-refractivity contribution in [2.45, 2.75) is 40.2 Å². The lowest BCUT2D eigenvalue weighted by atomic mass is 9.93. The van der Waals surface area contributed by atoms with Crippen LogP contribution in [0.5, 0.6) is 0 Å². The maximum atomic E-state index is 5.82. The molecule has 0 bridgehead atoms. The zero-order valence-corrected chi connectivity index (χ0v) is 8.67. The number of hydrogen-bond donors (Lipinski definition) is 1. The van der Waals surface area contributed by atoms with Crippen molar-refractivity contribution in [3.8, 4) is 0 Å². The highest BCUT2D eigenvalue weighted by Gasteiger charge is 2.09. The van der Waals surface area contributed by atoms with Crippen LogP contribution < -0.4 is 5.73 Å². The molecule has 0 heterocycles. The fourth-order valence-corrected chi connectivity index (χ4v) is 1.14. The largest absolute Gasteiger partial charge is 0.327 e. The fourth-order valence-electron chi connectivity index (χ4n) is 1.14. The Labute approximate surface area is 76.3 Å². The lowest BCUT2D eigenvalue weighted by Gasteiger charge is -2.16. The number of rotatable bonds is 4. The molecule has 0 aromatic rings. The summed E-state index contributed by atoms with van der Waals surface area (Å²) in [7, 11) is 0. The van der Waals surface area contributed by atoms with Gasteiger partial charge in [-0.25, -0.2) is 0 Å². The van der Waals surface area contributed by atoms with Gasteiger partial charge < -0.3 is 5.73 Å². The predicted molar refractivity (Wildman–Crippen MR) is 56.0 cm³/mol. The first-order valence-electron chi connectivity index (χ1n) is 4.71. The summed E-state index contributed by atoms with van der Waals surface area (Å²) in [4.78, 5) is 0. The van der Waals surface area contributed by atoms with Crippen molar-refractivity contribution in [1.82, 2.24) is 0 Å². The Morgan fingerprint density at radius 3 is 2.33 bits per heavy atom. The Morgan fingerprint density at radius 1 is 1.42 bits per heavy atom. The molecule has 0 aliphatic heterocycles. The third-order valence-corrected chi connectivity index (χ3v) is 2.11. The number of hydrogen-bond acceptors (Lipinski definition) is 1. The van der Waals surface area contributed by atoms with E-state index in [2.05, 4.69) is 39.0 Å². The molecule has 0 rings (SSSR count). The highest BCUT2D eigenvalue weighted by Crippen LogP contribution is 2.15. The van der Waals surface area contributed by atoms with Crippen molar-refractivity contribution in [2.75, 3.05) is 0 Å². The van der Waals surface area contributed by atoms with Crippen LogP contribution in [0, 0.1) is 5.92 Å². The minimum Gasteiger partial charge on any atom is -0.327 e. The summed E-state index contributed by atoms with van der Waals surface area (Å²) in [6, 6.07) is 0.235. The van der Waals surface area contributed by atoms with E-state index in [4.69, 9.17) is 5.73 Å². The van der Waals surface area contributed by atoms with Crippen LogP contribution >= 0.6 is 0 Å². The molecule has 0 aliphatic carbocycles. The molecule has 1 heteroatoms. The summed E-state index contributed by atoms with van der Waals surface area (Å²) in [5.41, 5.74) is 7.18. The van der Waals surface area contributed by atoms with Crippen LogP contribution in [0.2, 0.25) is 0 Å². The lowest BCUT2D eigenvalue weighted by Crippen LogP contribution is -2.25. The van der Waals surface area contributed by atoms with E-state index >= 15 is 0 Å². The third kappa shape index (κ3) is 3.72. The molecule has 2 unspecified atom stereocenters. The van der Waals surface area contributed by atoms with Crippen LogP contribution in [0.15, 0.2) is 23.8 Å². The van der Waals surface area contributed by atoms with Gasteiger partial charge in [-0.05, 0) is 31.8 Å². The molecule has 0 aromatic heterocycles. The summed E-state index contributed by atoms with van der Waals surface area (Å²) >= 11 is 0. The third-order valence-electron chi connectivity index (χ3n) is 2.11. The zero-order chi connectivity index (χ0) is 9.56. The second kappa shape index (κ2) is 6.01. The van der Waals surface area contributed by atoms with Crippen molar-refractivity contribution >= 4 is 0 Å². The van der Waals surface area contributed by atoms with E-state index in [9.17, 15) is 0 Å². The van der Waals surface area contributed by atoms with E-state index in [-0.39, 0.29) is 6.04 Å². The maximum absolute atomic E-state index is 5.82. The molecule has 0 aromatic carbocycles. The highest BCUT2D eigenvalue weighted by atomic mass is 14.6. The minimum atomic E-state index is 0.235. The first-order chi connectivity index (χ1) is 5.63. The first-order valence-corrected chi connectivity index (χ1v) is 4.71. The van der Waals surface area contributed by atoms with Crippen LogP contribution in [-0.2, 0) is 0 Å². The van der Waals surface area contributed by atoms with Crippen LogP contribution in [-0.4, -0.2) is 6.04 Å². The van der Waals surface area contributed by atoms with Crippen molar-refractivity contribution in [2.24, 2.45) is 11.7 Å². The van der Waals surface area contributed by atoms with Gasteiger partial charge >= 0.3 is 0 Å². The average molecular weight is 167 g/mol. The molecule has 0 amide bonds. The van der Waals surface area contributed by atoms with E-state index in [0.29, 0.717) is 5.92 Å². The van der Waals surface area contributed by atoms with Gasteiger partial charge in [-0.1, -0.05) is 32.1 Å². The molecule has 2 atom stereocenters. The van der Waals surface area contributed by atoms with Crippen molar-refractivity contribution < 1.29 is 0 Å². The molecule has 2 N–H and O–H groups in total. The molecule has 0 saturated heterocycles. The minimum absolute atomic E-state index is 0.235. The Hall–Kier alpha value is -0.560. The molecule has 0 radical (unpaired) electrons. The quantitative estimate of drug-likeness (QED) is 0.640. The second-order valence-corrected chi connectivity index (χ2v) is 3.26.